The molecule has 0 unspecified atom stereocenters. The zero-order valence-corrected chi connectivity index (χ0v) is 11.0. The van der Waals surface area contributed by atoms with Gasteiger partial charge >= 0.3 is 0 Å². The van der Waals surface area contributed by atoms with Crippen LogP contribution in [0.5, 0.6) is 11.5 Å². The second-order valence-corrected chi connectivity index (χ2v) is 4.78. The third-order valence-electron chi connectivity index (χ3n) is 3.13. The van der Waals surface area contributed by atoms with Gasteiger partial charge in [0.25, 0.3) is 0 Å². The summed E-state index contributed by atoms with van der Waals surface area (Å²) in [6, 6.07) is 3.72. The van der Waals surface area contributed by atoms with Crippen LogP contribution in [-0.2, 0) is 5.60 Å². The van der Waals surface area contributed by atoms with E-state index < -0.39 is 5.60 Å². The van der Waals surface area contributed by atoms with Crippen LogP contribution in [0, 0.1) is 0 Å². The van der Waals surface area contributed by atoms with Gasteiger partial charge in [-0.15, -0.1) is 0 Å². The van der Waals surface area contributed by atoms with Crippen molar-refractivity contribution < 1.29 is 14.6 Å². The van der Waals surface area contributed by atoms with Crippen molar-refractivity contribution in [2.24, 2.45) is 0 Å². The van der Waals surface area contributed by atoms with Gasteiger partial charge in [0.2, 0.25) is 6.79 Å². The first kappa shape index (κ1) is 11.7. The van der Waals surface area contributed by atoms with E-state index in [0.717, 1.165) is 15.8 Å². The number of benzene rings is 1. The average molecular weight is 287 g/mol. The average Bonchev–Trinajstić information content (AvgIpc) is 2.74. The first-order valence-corrected chi connectivity index (χ1v) is 6.22. The fourth-order valence-corrected chi connectivity index (χ4v) is 2.60. The smallest absolute Gasteiger partial charge is 0.231 e. The van der Waals surface area contributed by atoms with Gasteiger partial charge in [-0.05, 0) is 25.0 Å². The van der Waals surface area contributed by atoms with Crippen molar-refractivity contribution in [3.63, 3.8) is 0 Å². The number of aliphatic hydroxyl groups is 1. The van der Waals surface area contributed by atoms with Crippen LogP contribution in [0.3, 0.4) is 0 Å². The normalized spacial score (nSPS) is 14.2. The molecule has 0 fully saturated rings. The number of rotatable bonds is 3. The topological polar surface area (TPSA) is 38.7 Å². The molecular weight excluding hydrogens is 272 g/mol. The predicted molar refractivity (Wildman–Crippen MR) is 64.7 cm³/mol. The number of hydrogen-bond donors (Lipinski definition) is 1. The summed E-state index contributed by atoms with van der Waals surface area (Å²) < 4.78 is 11.5. The highest BCUT2D eigenvalue weighted by Crippen LogP contribution is 2.42. The fourth-order valence-electron chi connectivity index (χ4n) is 1.90. The van der Waals surface area contributed by atoms with Crippen molar-refractivity contribution in [1.82, 2.24) is 0 Å². The van der Waals surface area contributed by atoms with Crippen molar-refractivity contribution in [2.75, 3.05) is 6.79 Å². The Kier molecular flexibility index (Phi) is 3.13. The summed E-state index contributed by atoms with van der Waals surface area (Å²) in [6.45, 7) is 4.20. The SMILES string of the molecule is CCC(O)(CC)c1cc2c(cc1Br)OCO2. The molecule has 0 radical (unpaired) electrons. The maximum Gasteiger partial charge on any atom is 0.231 e. The molecule has 16 heavy (non-hydrogen) atoms. The minimum absolute atomic E-state index is 0.252. The van der Waals surface area contributed by atoms with Crippen LogP contribution in [0.25, 0.3) is 0 Å². The molecule has 0 saturated heterocycles. The molecule has 1 aliphatic heterocycles. The van der Waals surface area contributed by atoms with E-state index in [9.17, 15) is 5.11 Å². The minimum atomic E-state index is -0.806. The maximum atomic E-state index is 10.5. The molecule has 1 aliphatic rings. The number of hydrogen-bond acceptors (Lipinski definition) is 3. The minimum Gasteiger partial charge on any atom is -0.454 e. The summed E-state index contributed by atoms with van der Waals surface area (Å²) in [6.07, 6.45) is 1.34. The monoisotopic (exact) mass is 286 g/mol. The molecule has 0 atom stereocenters. The van der Waals surface area contributed by atoms with Crippen molar-refractivity contribution in [1.29, 1.82) is 0 Å². The lowest BCUT2D eigenvalue weighted by Crippen LogP contribution is -2.23. The molecule has 0 bridgehead atoms. The van der Waals surface area contributed by atoms with Gasteiger partial charge in [-0.25, -0.2) is 0 Å². The van der Waals surface area contributed by atoms with Crippen LogP contribution in [0.15, 0.2) is 16.6 Å². The van der Waals surface area contributed by atoms with E-state index in [1.165, 1.54) is 0 Å². The maximum absolute atomic E-state index is 10.5. The summed E-state index contributed by atoms with van der Waals surface area (Å²) in [5.74, 6) is 1.43. The zero-order valence-electron chi connectivity index (χ0n) is 9.42. The van der Waals surface area contributed by atoms with Gasteiger partial charge in [-0.2, -0.15) is 0 Å². The summed E-state index contributed by atoms with van der Waals surface area (Å²) in [4.78, 5) is 0. The third kappa shape index (κ3) is 1.80. The molecule has 0 amide bonds. The highest BCUT2D eigenvalue weighted by atomic mass is 79.9. The molecule has 1 aromatic carbocycles. The predicted octanol–water partition coefficient (Wildman–Crippen LogP) is 3.19. The van der Waals surface area contributed by atoms with Gasteiger partial charge in [0.15, 0.2) is 11.5 Å². The van der Waals surface area contributed by atoms with Gasteiger partial charge in [0.05, 0.1) is 5.60 Å². The lowest BCUT2D eigenvalue weighted by molar-refractivity contribution is 0.0275. The van der Waals surface area contributed by atoms with Gasteiger partial charge in [-0.1, -0.05) is 29.8 Å². The molecule has 2 rings (SSSR count). The number of fused-ring (bicyclic) bond motifs is 1. The van der Waals surface area contributed by atoms with Crippen LogP contribution in [-0.4, -0.2) is 11.9 Å². The van der Waals surface area contributed by atoms with E-state index in [-0.39, 0.29) is 6.79 Å². The Labute approximate surface area is 104 Å². The lowest BCUT2D eigenvalue weighted by atomic mass is 9.88. The highest BCUT2D eigenvalue weighted by Gasteiger charge is 2.29. The van der Waals surface area contributed by atoms with E-state index in [2.05, 4.69) is 15.9 Å². The quantitative estimate of drug-likeness (QED) is 0.928. The Balaban J connectivity index is 2.49. The van der Waals surface area contributed by atoms with E-state index in [1.54, 1.807) is 0 Å². The Morgan fingerprint density at radius 1 is 1.25 bits per heavy atom. The molecule has 3 nitrogen and oxygen atoms in total. The van der Waals surface area contributed by atoms with E-state index in [1.807, 2.05) is 26.0 Å². The van der Waals surface area contributed by atoms with Crippen molar-refractivity contribution in [2.45, 2.75) is 32.3 Å². The van der Waals surface area contributed by atoms with Gasteiger partial charge in [0.1, 0.15) is 0 Å². The summed E-state index contributed by atoms with van der Waals surface area (Å²) >= 11 is 3.47. The molecule has 1 N–H and O–H groups in total. The van der Waals surface area contributed by atoms with Crippen LogP contribution in [0.1, 0.15) is 32.3 Å². The molecule has 4 heteroatoms. The molecule has 0 saturated carbocycles. The molecule has 1 heterocycles. The van der Waals surface area contributed by atoms with E-state index in [0.29, 0.717) is 18.6 Å². The Morgan fingerprint density at radius 3 is 2.38 bits per heavy atom. The first-order valence-electron chi connectivity index (χ1n) is 5.42. The van der Waals surface area contributed by atoms with Crippen LogP contribution in [0.2, 0.25) is 0 Å². The fraction of sp³-hybridized carbons (Fsp3) is 0.500. The van der Waals surface area contributed by atoms with Crippen LogP contribution >= 0.6 is 15.9 Å². The van der Waals surface area contributed by atoms with Crippen LogP contribution < -0.4 is 9.47 Å². The second-order valence-electron chi connectivity index (χ2n) is 3.92. The third-order valence-corrected chi connectivity index (χ3v) is 3.79. The molecule has 1 aromatic rings. The van der Waals surface area contributed by atoms with Gasteiger partial charge in [0, 0.05) is 10.0 Å². The summed E-state index contributed by atoms with van der Waals surface area (Å²) in [5, 5.41) is 10.5. The first-order chi connectivity index (χ1) is 7.60. The van der Waals surface area contributed by atoms with E-state index >= 15 is 0 Å². The molecule has 88 valence electrons. The van der Waals surface area contributed by atoms with Crippen molar-refractivity contribution >= 4 is 15.9 Å². The molecule has 0 spiro atoms. The lowest BCUT2D eigenvalue weighted by Gasteiger charge is -2.27. The van der Waals surface area contributed by atoms with Gasteiger partial charge in [-0.3, -0.25) is 0 Å². The van der Waals surface area contributed by atoms with Crippen LogP contribution in [0.4, 0.5) is 0 Å². The van der Waals surface area contributed by atoms with E-state index in [4.69, 9.17) is 9.47 Å². The summed E-state index contributed by atoms with van der Waals surface area (Å²) in [7, 11) is 0. The molecular formula is C12H15BrO3. The van der Waals surface area contributed by atoms with Crippen molar-refractivity contribution in [3.8, 4) is 11.5 Å². The zero-order chi connectivity index (χ0) is 11.8. The largest absolute Gasteiger partial charge is 0.454 e. The number of ether oxygens (including phenoxy) is 2. The Hall–Kier alpha value is -0.740. The van der Waals surface area contributed by atoms with Gasteiger partial charge < -0.3 is 14.6 Å². The standard InChI is InChI=1S/C12H15BrO3/c1-3-12(14,4-2)8-5-10-11(6-9(8)13)16-7-15-10/h5-6,14H,3-4,7H2,1-2H3. The van der Waals surface area contributed by atoms with Crippen molar-refractivity contribution in [3.05, 3.63) is 22.2 Å². The Morgan fingerprint density at radius 2 is 1.81 bits per heavy atom. The molecule has 0 aromatic heterocycles. The highest BCUT2D eigenvalue weighted by molar-refractivity contribution is 9.10. The Bertz CT molecular complexity index is 399. The second kappa shape index (κ2) is 4.26. The summed E-state index contributed by atoms with van der Waals surface area (Å²) in [5.41, 5.74) is 0.0570. The molecule has 0 aliphatic carbocycles. The number of halogens is 1.